The summed E-state index contributed by atoms with van der Waals surface area (Å²) in [5, 5.41) is 0. The fourth-order valence-electron chi connectivity index (χ4n) is 7.26. The van der Waals surface area contributed by atoms with Gasteiger partial charge in [-0.15, -0.1) is 5.92 Å². The molecule has 7 atom stereocenters. The summed E-state index contributed by atoms with van der Waals surface area (Å²) >= 11 is 0. The Labute approximate surface area is 144 Å². The molecule has 0 aromatic rings. The van der Waals surface area contributed by atoms with Crippen LogP contribution in [-0.4, -0.2) is 17.5 Å². The molecule has 0 aromatic carbocycles. The van der Waals surface area contributed by atoms with Crippen LogP contribution in [0.25, 0.3) is 0 Å². The topological polar surface area (TPSA) is 26.3 Å². The van der Waals surface area contributed by atoms with Crippen LogP contribution in [0.3, 0.4) is 0 Å². The van der Waals surface area contributed by atoms with Gasteiger partial charge in [0.25, 0.3) is 0 Å². The van der Waals surface area contributed by atoms with Crippen molar-refractivity contribution in [3.05, 3.63) is 23.8 Å². The third-order valence-corrected chi connectivity index (χ3v) is 8.21. The van der Waals surface area contributed by atoms with E-state index in [9.17, 15) is 4.79 Å². The molecular formula is C22H26O2. The minimum atomic E-state index is -0.0723. The Kier molecular flexibility index (Phi) is 2.77. The molecule has 2 bridgehead atoms. The van der Waals surface area contributed by atoms with E-state index >= 15 is 0 Å². The highest BCUT2D eigenvalue weighted by Gasteiger charge is 2.72. The first-order chi connectivity index (χ1) is 11.4. The smallest absolute Gasteiger partial charge is 0.178 e. The fraction of sp³-hybridized carbons (Fsp3) is 0.682. The fourth-order valence-corrected chi connectivity index (χ4v) is 7.26. The van der Waals surface area contributed by atoms with Crippen molar-refractivity contribution in [1.29, 1.82) is 0 Å². The maximum atomic E-state index is 11.9. The van der Waals surface area contributed by atoms with E-state index < -0.39 is 0 Å². The molecule has 2 nitrogen and oxygen atoms in total. The summed E-state index contributed by atoms with van der Waals surface area (Å²) in [4.78, 5) is 11.9. The summed E-state index contributed by atoms with van der Waals surface area (Å²) < 4.78 is 6.78. The molecule has 0 amide bonds. The molecule has 5 aliphatic rings. The summed E-state index contributed by atoms with van der Waals surface area (Å²) in [6, 6.07) is 0. The van der Waals surface area contributed by atoms with E-state index in [2.05, 4.69) is 31.8 Å². The monoisotopic (exact) mass is 322 g/mol. The Hall–Kier alpha value is -1.33. The van der Waals surface area contributed by atoms with Gasteiger partial charge in [0.1, 0.15) is 0 Å². The lowest BCUT2D eigenvalue weighted by atomic mass is 9.47. The first kappa shape index (κ1) is 15.0. The molecule has 4 fully saturated rings. The third-order valence-electron chi connectivity index (χ3n) is 8.21. The van der Waals surface area contributed by atoms with Crippen molar-refractivity contribution >= 4 is 5.78 Å². The predicted octanol–water partition coefficient (Wildman–Crippen LogP) is 4.07. The summed E-state index contributed by atoms with van der Waals surface area (Å²) in [6.07, 6.45) is 11.9. The third kappa shape index (κ3) is 1.51. The van der Waals surface area contributed by atoms with Crippen LogP contribution in [0.2, 0.25) is 0 Å². The van der Waals surface area contributed by atoms with Gasteiger partial charge in [-0.25, -0.2) is 0 Å². The lowest BCUT2D eigenvalue weighted by Crippen LogP contribution is -2.53. The van der Waals surface area contributed by atoms with Crippen LogP contribution in [0.5, 0.6) is 0 Å². The maximum Gasteiger partial charge on any atom is 0.178 e. The second-order valence-corrected chi connectivity index (χ2v) is 9.00. The minimum absolute atomic E-state index is 0.00582. The Bertz CT molecular complexity index is 750. The SMILES string of the molecule is CC#CC12CC3OC1(C)CCC2C1CCC2=CC(=O)C=CC2(C)C31. The average molecular weight is 322 g/mol. The summed E-state index contributed by atoms with van der Waals surface area (Å²) in [7, 11) is 0. The van der Waals surface area contributed by atoms with Crippen molar-refractivity contribution < 1.29 is 9.53 Å². The van der Waals surface area contributed by atoms with E-state index in [1.807, 2.05) is 13.0 Å². The van der Waals surface area contributed by atoms with E-state index in [0.29, 0.717) is 17.8 Å². The van der Waals surface area contributed by atoms with Crippen LogP contribution >= 0.6 is 0 Å². The number of allylic oxidation sites excluding steroid dienone is 4. The zero-order chi connectivity index (χ0) is 16.7. The van der Waals surface area contributed by atoms with Crippen LogP contribution in [0.15, 0.2) is 23.8 Å². The van der Waals surface area contributed by atoms with Crippen molar-refractivity contribution in [2.75, 3.05) is 0 Å². The quantitative estimate of drug-likeness (QED) is 0.629. The molecule has 4 aliphatic carbocycles. The Morgan fingerprint density at radius 3 is 2.92 bits per heavy atom. The van der Waals surface area contributed by atoms with Crippen molar-refractivity contribution in [1.82, 2.24) is 0 Å². The van der Waals surface area contributed by atoms with Gasteiger partial charge >= 0.3 is 0 Å². The largest absolute Gasteiger partial charge is 0.370 e. The molecule has 0 spiro atoms. The molecule has 3 saturated carbocycles. The molecule has 0 aromatic heterocycles. The Morgan fingerprint density at radius 1 is 1.29 bits per heavy atom. The lowest BCUT2D eigenvalue weighted by Gasteiger charge is -2.55. The van der Waals surface area contributed by atoms with Gasteiger partial charge in [-0.2, -0.15) is 0 Å². The van der Waals surface area contributed by atoms with Crippen LogP contribution < -0.4 is 0 Å². The van der Waals surface area contributed by atoms with Gasteiger partial charge < -0.3 is 4.74 Å². The van der Waals surface area contributed by atoms with Crippen molar-refractivity contribution in [3.8, 4) is 11.8 Å². The summed E-state index contributed by atoms with van der Waals surface area (Å²) in [6.45, 7) is 6.64. The standard InChI is InChI=1S/C22H26O2/c1-4-9-22-13-18-19-16(17(22)8-11-21(22,3)24-18)6-5-14-12-15(23)7-10-20(14,19)2/h7,10,12,16-19H,5-6,8,11,13H2,1-3H3. The van der Waals surface area contributed by atoms with Crippen molar-refractivity contribution in [2.24, 2.45) is 28.6 Å². The van der Waals surface area contributed by atoms with Crippen molar-refractivity contribution in [2.45, 2.75) is 64.6 Å². The molecule has 2 heteroatoms. The average Bonchev–Trinajstić information content (AvgIpc) is 2.93. The van der Waals surface area contributed by atoms with Gasteiger partial charge in [-0.1, -0.05) is 24.5 Å². The number of ether oxygens (including phenoxy) is 1. The lowest BCUT2D eigenvalue weighted by molar-refractivity contribution is -0.111. The number of rotatable bonds is 0. The Morgan fingerprint density at radius 2 is 2.12 bits per heavy atom. The summed E-state index contributed by atoms with van der Waals surface area (Å²) in [5.41, 5.74) is 1.33. The number of hydrogen-bond donors (Lipinski definition) is 0. The van der Waals surface area contributed by atoms with E-state index in [0.717, 1.165) is 19.3 Å². The molecule has 7 unspecified atom stereocenters. The van der Waals surface area contributed by atoms with Crippen LogP contribution in [0, 0.1) is 40.4 Å². The van der Waals surface area contributed by atoms with Crippen LogP contribution in [0.1, 0.15) is 52.9 Å². The normalized spacial score (nSPS) is 53.8. The first-order valence-corrected chi connectivity index (χ1v) is 9.49. The number of ketones is 1. The minimum Gasteiger partial charge on any atom is -0.370 e. The first-order valence-electron chi connectivity index (χ1n) is 9.49. The second-order valence-electron chi connectivity index (χ2n) is 9.00. The highest BCUT2D eigenvalue weighted by atomic mass is 16.5. The predicted molar refractivity (Wildman–Crippen MR) is 93.1 cm³/mol. The van der Waals surface area contributed by atoms with Gasteiger partial charge in [-0.05, 0) is 69.9 Å². The molecular weight excluding hydrogens is 296 g/mol. The molecule has 5 rings (SSSR count). The zero-order valence-corrected chi connectivity index (χ0v) is 14.9. The van der Waals surface area contributed by atoms with Gasteiger partial charge in [0.2, 0.25) is 0 Å². The summed E-state index contributed by atoms with van der Waals surface area (Å²) in [5.74, 6) is 8.89. The van der Waals surface area contributed by atoms with E-state index in [-0.39, 0.29) is 28.3 Å². The number of hydrogen-bond acceptors (Lipinski definition) is 2. The van der Waals surface area contributed by atoms with Gasteiger partial charge in [0.15, 0.2) is 5.78 Å². The molecule has 1 heterocycles. The molecule has 126 valence electrons. The van der Waals surface area contributed by atoms with E-state index in [1.54, 1.807) is 6.08 Å². The van der Waals surface area contributed by atoms with Gasteiger partial charge in [-0.3, -0.25) is 4.79 Å². The second kappa shape index (κ2) is 4.44. The molecule has 24 heavy (non-hydrogen) atoms. The molecule has 1 saturated heterocycles. The van der Waals surface area contributed by atoms with Crippen molar-refractivity contribution in [3.63, 3.8) is 0 Å². The Balaban J connectivity index is 1.65. The van der Waals surface area contributed by atoms with Gasteiger partial charge in [0.05, 0.1) is 17.1 Å². The molecule has 0 N–H and O–H groups in total. The van der Waals surface area contributed by atoms with Crippen LogP contribution in [-0.2, 0) is 9.53 Å². The highest BCUT2D eigenvalue weighted by Crippen LogP contribution is 2.72. The number of carbonyl (C=O) groups is 1. The zero-order valence-electron chi connectivity index (χ0n) is 14.9. The maximum absolute atomic E-state index is 11.9. The number of fused-ring (bicyclic) bond motifs is 6. The van der Waals surface area contributed by atoms with Crippen LogP contribution in [0.4, 0.5) is 0 Å². The molecule has 1 aliphatic heterocycles. The highest BCUT2D eigenvalue weighted by molar-refractivity contribution is 6.01. The van der Waals surface area contributed by atoms with Gasteiger partial charge in [0, 0.05) is 11.3 Å². The van der Waals surface area contributed by atoms with E-state index in [4.69, 9.17) is 4.74 Å². The van der Waals surface area contributed by atoms with E-state index in [1.165, 1.54) is 18.4 Å². The number of carbonyl (C=O) groups excluding carboxylic acids is 1. The molecule has 0 radical (unpaired) electrons.